The Hall–Kier alpha value is -1.15. The number of hydrazine groups is 1. The van der Waals surface area contributed by atoms with Crippen LogP contribution in [0.15, 0.2) is 18.2 Å². The molecule has 0 saturated carbocycles. The third-order valence-electron chi connectivity index (χ3n) is 2.04. The largest absolute Gasteiger partial charge is 0.508 e. The van der Waals surface area contributed by atoms with Crippen LogP contribution >= 0.6 is 22.6 Å². The molecule has 86 valence electrons. The number of ketones is 1. The summed E-state index contributed by atoms with van der Waals surface area (Å²) in [7, 11) is 0. The van der Waals surface area contributed by atoms with E-state index in [0.29, 0.717) is 6.42 Å². The number of phenols is 1. The van der Waals surface area contributed by atoms with Crippen LogP contribution in [-0.2, 0) is 16.0 Å². The van der Waals surface area contributed by atoms with Crippen molar-refractivity contribution in [3.63, 3.8) is 0 Å². The number of amides is 1. The number of nitrogens with one attached hydrogen (secondary N) is 1. The minimum Gasteiger partial charge on any atom is -0.508 e. The summed E-state index contributed by atoms with van der Waals surface area (Å²) in [6, 6.07) is 4.87. The van der Waals surface area contributed by atoms with Gasteiger partial charge in [0.15, 0.2) is 0 Å². The van der Waals surface area contributed by atoms with E-state index >= 15 is 0 Å². The van der Waals surface area contributed by atoms with Crippen LogP contribution in [-0.4, -0.2) is 16.8 Å². The molecule has 0 spiro atoms. The number of aromatic hydroxyl groups is 1. The summed E-state index contributed by atoms with van der Waals surface area (Å²) in [5, 5.41) is 9.19. The van der Waals surface area contributed by atoms with Gasteiger partial charge in [0.05, 0.1) is 0 Å². The molecule has 0 aliphatic carbocycles. The maximum Gasteiger partial charge on any atom is 0.301 e. The Morgan fingerprint density at radius 1 is 1.44 bits per heavy atom. The second kappa shape index (κ2) is 5.80. The van der Waals surface area contributed by atoms with E-state index in [4.69, 9.17) is 5.84 Å². The number of hydrogen-bond acceptors (Lipinski definition) is 4. The van der Waals surface area contributed by atoms with Crippen LogP contribution in [0.2, 0.25) is 0 Å². The van der Waals surface area contributed by atoms with Crippen molar-refractivity contribution in [2.24, 2.45) is 5.84 Å². The quantitative estimate of drug-likeness (QED) is 0.246. The van der Waals surface area contributed by atoms with Gasteiger partial charge in [-0.25, -0.2) is 5.84 Å². The lowest BCUT2D eigenvalue weighted by atomic mass is 10.1. The lowest BCUT2D eigenvalue weighted by Gasteiger charge is -2.04. The zero-order valence-electron chi connectivity index (χ0n) is 8.37. The molecule has 0 radical (unpaired) electrons. The first-order valence-electron chi connectivity index (χ1n) is 4.55. The highest BCUT2D eigenvalue weighted by Crippen LogP contribution is 2.19. The number of rotatable bonds is 4. The van der Waals surface area contributed by atoms with Crippen LogP contribution in [0.4, 0.5) is 0 Å². The van der Waals surface area contributed by atoms with E-state index in [0.717, 1.165) is 9.13 Å². The smallest absolute Gasteiger partial charge is 0.301 e. The van der Waals surface area contributed by atoms with E-state index in [1.165, 1.54) is 0 Å². The molecule has 6 heteroatoms. The van der Waals surface area contributed by atoms with Crippen molar-refractivity contribution >= 4 is 34.3 Å². The zero-order chi connectivity index (χ0) is 12.1. The molecule has 5 nitrogen and oxygen atoms in total. The lowest BCUT2D eigenvalue weighted by Crippen LogP contribution is -2.36. The summed E-state index contributed by atoms with van der Waals surface area (Å²) < 4.78 is 0.860. The predicted molar refractivity (Wildman–Crippen MR) is 66.5 cm³/mol. The zero-order valence-corrected chi connectivity index (χ0v) is 10.5. The molecule has 0 fully saturated rings. The van der Waals surface area contributed by atoms with E-state index in [2.05, 4.69) is 22.6 Å². The number of hydrogen-bond donors (Lipinski definition) is 3. The third-order valence-corrected chi connectivity index (χ3v) is 3.05. The monoisotopic (exact) mass is 334 g/mol. The molecular formula is C10H11IN2O3. The molecule has 1 rings (SSSR count). The average Bonchev–Trinajstić information content (AvgIpc) is 2.26. The molecule has 0 bridgehead atoms. The number of aryl methyl sites for hydroxylation is 1. The molecule has 1 amide bonds. The van der Waals surface area contributed by atoms with Crippen LogP contribution in [0.1, 0.15) is 12.0 Å². The molecule has 4 N–H and O–H groups in total. The van der Waals surface area contributed by atoms with Crippen molar-refractivity contribution in [1.82, 2.24) is 5.43 Å². The van der Waals surface area contributed by atoms with Crippen molar-refractivity contribution < 1.29 is 14.7 Å². The fourth-order valence-electron chi connectivity index (χ4n) is 1.18. The fraction of sp³-hybridized carbons (Fsp3) is 0.200. The highest BCUT2D eigenvalue weighted by atomic mass is 127. The number of carbonyl (C=O) groups excluding carboxylic acids is 2. The van der Waals surface area contributed by atoms with E-state index < -0.39 is 11.7 Å². The average molecular weight is 334 g/mol. The molecule has 16 heavy (non-hydrogen) atoms. The lowest BCUT2D eigenvalue weighted by molar-refractivity contribution is -0.137. The Kier molecular flexibility index (Phi) is 4.69. The van der Waals surface area contributed by atoms with E-state index in [1.807, 2.05) is 0 Å². The Labute approximate surface area is 106 Å². The molecule has 0 heterocycles. The topological polar surface area (TPSA) is 92.4 Å². The van der Waals surface area contributed by atoms with Crippen LogP contribution in [0, 0.1) is 3.57 Å². The summed E-state index contributed by atoms with van der Waals surface area (Å²) in [5.41, 5.74) is 2.71. The molecule has 0 saturated heterocycles. The fourth-order valence-corrected chi connectivity index (χ4v) is 1.95. The number of halogens is 1. The molecule has 0 unspecified atom stereocenters. The van der Waals surface area contributed by atoms with Gasteiger partial charge in [0, 0.05) is 9.99 Å². The van der Waals surface area contributed by atoms with Crippen molar-refractivity contribution in [2.45, 2.75) is 12.8 Å². The summed E-state index contributed by atoms with van der Waals surface area (Å²) >= 11 is 2.06. The number of Topliss-reactive ketones (excluding diaryl/α,β-unsaturated/α-hetero) is 1. The normalized spacial score (nSPS) is 9.88. The minimum absolute atomic E-state index is 0.101. The van der Waals surface area contributed by atoms with Crippen molar-refractivity contribution in [3.05, 3.63) is 27.3 Å². The van der Waals surface area contributed by atoms with Gasteiger partial charge in [-0.05, 0) is 46.7 Å². The summed E-state index contributed by atoms with van der Waals surface area (Å²) in [5.74, 6) is 3.68. The third kappa shape index (κ3) is 3.46. The van der Waals surface area contributed by atoms with Crippen molar-refractivity contribution in [3.8, 4) is 5.75 Å². The van der Waals surface area contributed by atoms with Crippen LogP contribution < -0.4 is 11.3 Å². The van der Waals surface area contributed by atoms with Gasteiger partial charge < -0.3 is 5.11 Å². The second-order valence-electron chi connectivity index (χ2n) is 3.17. The van der Waals surface area contributed by atoms with Crippen molar-refractivity contribution in [2.75, 3.05) is 0 Å². The number of phenolic OH excluding ortho intramolecular Hbond substituents is 1. The van der Waals surface area contributed by atoms with Gasteiger partial charge in [-0.1, -0.05) is 6.07 Å². The van der Waals surface area contributed by atoms with Crippen LogP contribution in [0.3, 0.4) is 0 Å². The van der Waals surface area contributed by atoms with Gasteiger partial charge in [0.25, 0.3) is 0 Å². The van der Waals surface area contributed by atoms with Crippen molar-refractivity contribution in [1.29, 1.82) is 0 Å². The molecule has 0 aliphatic rings. The molecule has 1 aromatic rings. The van der Waals surface area contributed by atoms with E-state index in [9.17, 15) is 14.7 Å². The molecule has 0 atom stereocenters. The van der Waals surface area contributed by atoms with Crippen LogP contribution in [0.5, 0.6) is 5.75 Å². The van der Waals surface area contributed by atoms with Gasteiger partial charge in [-0.3, -0.25) is 15.0 Å². The highest BCUT2D eigenvalue weighted by Gasteiger charge is 2.12. The van der Waals surface area contributed by atoms with Gasteiger partial charge in [-0.2, -0.15) is 0 Å². The van der Waals surface area contributed by atoms with Gasteiger partial charge >= 0.3 is 5.91 Å². The summed E-state index contributed by atoms with van der Waals surface area (Å²) in [6.07, 6.45) is 0.550. The van der Waals surface area contributed by atoms with E-state index in [1.54, 1.807) is 23.6 Å². The SMILES string of the molecule is NNC(=O)C(=O)CCc1ccc(O)cc1I. The summed E-state index contributed by atoms with van der Waals surface area (Å²) in [4.78, 5) is 22.0. The predicted octanol–water partition coefficient (Wildman–Crippen LogP) is 0.488. The highest BCUT2D eigenvalue weighted by molar-refractivity contribution is 14.1. The summed E-state index contributed by atoms with van der Waals surface area (Å²) in [6.45, 7) is 0. The Balaban J connectivity index is 2.61. The first-order chi connectivity index (χ1) is 7.54. The number of nitrogens with two attached hydrogens (primary N) is 1. The Morgan fingerprint density at radius 2 is 2.12 bits per heavy atom. The second-order valence-corrected chi connectivity index (χ2v) is 4.33. The van der Waals surface area contributed by atoms with Gasteiger partial charge in [0.2, 0.25) is 5.78 Å². The first kappa shape index (κ1) is 12.9. The first-order valence-corrected chi connectivity index (χ1v) is 5.63. The van der Waals surface area contributed by atoms with Gasteiger partial charge in [-0.15, -0.1) is 0 Å². The minimum atomic E-state index is -0.784. The molecule has 1 aromatic carbocycles. The van der Waals surface area contributed by atoms with Gasteiger partial charge in [0.1, 0.15) is 5.75 Å². The molecule has 0 aliphatic heterocycles. The maximum absolute atomic E-state index is 11.2. The van der Waals surface area contributed by atoms with Crippen LogP contribution in [0.25, 0.3) is 0 Å². The number of benzene rings is 1. The standard InChI is InChI=1S/C10H11IN2O3/c11-8-5-7(14)3-1-6(8)2-4-9(15)10(16)13-12/h1,3,5,14H,2,4,12H2,(H,13,16). The molecule has 0 aromatic heterocycles. The Bertz CT molecular complexity index is 421. The molecular weight excluding hydrogens is 323 g/mol. The maximum atomic E-state index is 11.2. The Morgan fingerprint density at radius 3 is 2.69 bits per heavy atom. The number of carbonyl (C=O) groups is 2. The van der Waals surface area contributed by atoms with E-state index in [-0.39, 0.29) is 12.2 Å².